The van der Waals surface area contributed by atoms with Crippen LogP contribution in [0.15, 0.2) is 22.8 Å². The van der Waals surface area contributed by atoms with Gasteiger partial charge in [0.1, 0.15) is 11.2 Å². The molecular weight excluding hydrogens is 196 g/mol. The standard InChI is InChI=1S/C11H18O2S/c1-3-6-11(12-4-2)14-9-10-7-5-8-13-10/h5,7-8,11H,3-4,6,9H2,1-2H3. The average molecular weight is 214 g/mol. The van der Waals surface area contributed by atoms with Crippen molar-refractivity contribution in [3.63, 3.8) is 0 Å². The van der Waals surface area contributed by atoms with Gasteiger partial charge in [0.25, 0.3) is 0 Å². The van der Waals surface area contributed by atoms with E-state index >= 15 is 0 Å². The van der Waals surface area contributed by atoms with Crippen LogP contribution in [0.25, 0.3) is 0 Å². The van der Waals surface area contributed by atoms with Crippen LogP contribution >= 0.6 is 11.8 Å². The maximum Gasteiger partial charge on any atom is 0.113 e. The van der Waals surface area contributed by atoms with Crippen LogP contribution in [0.1, 0.15) is 32.4 Å². The number of furan rings is 1. The van der Waals surface area contributed by atoms with Crippen molar-refractivity contribution in [3.05, 3.63) is 24.2 Å². The van der Waals surface area contributed by atoms with Gasteiger partial charge >= 0.3 is 0 Å². The number of hydrogen-bond acceptors (Lipinski definition) is 3. The Balaban J connectivity index is 2.25. The Hall–Kier alpha value is -0.410. The van der Waals surface area contributed by atoms with Gasteiger partial charge in [-0.1, -0.05) is 13.3 Å². The number of ether oxygens (including phenoxy) is 1. The molecule has 1 unspecified atom stereocenters. The lowest BCUT2D eigenvalue weighted by atomic mass is 10.4. The van der Waals surface area contributed by atoms with Gasteiger partial charge in [-0.05, 0) is 25.5 Å². The summed E-state index contributed by atoms with van der Waals surface area (Å²) in [6.45, 7) is 5.01. The maximum atomic E-state index is 5.60. The van der Waals surface area contributed by atoms with E-state index in [2.05, 4.69) is 6.92 Å². The molecule has 1 atom stereocenters. The van der Waals surface area contributed by atoms with E-state index in [0.717, 1.165) is 31.0 Å². The van der Waals surface area contributed by atoms with E-state index in [1.165, 1.54) is 0 Å². The molecule has 0 aliphatic carbocycles. The minimum absolute atomic E-state index is 0.315. The van der Waals surface area contributed by atoms with Gasteiger partial charge in [0.15, 0.2) is 0 Å². The Morgan fingerprint density at radius 2 is 2.36 bits per heavy atom. The van der Waals surface area contributed by atoms with Gasteiger partial charge in [0.2, 0.25) is 0 Å². The van der Waals surface area contributed by atoms with Crippen molar-refractivity contribution in [2.75, 3.05) is 6.61 Å². The molecule has 0 fully saturated rings. The predicted molar refractivity (Wildman–Crippen MR) is 60.3 cm³/mol. The summed E-state index contributed by atoms with van der Waals surface area (Å²) >= 11 is 1.81. The largest absolute Gasteiger partial charge is 0.468 e. The molecule has 1 heterocycles. The second-order valence-corrected chi connectivity index (χ2v) is 4.21. The Bertz CT molecular complexity index is 215. The molecule has 0 amide bonds. The zero-order chi connectivity index (χ0) is 10.2. The van der Waals surface area contributed by atoms with Crippen LogP contribution in [0.3, 0.4) is 0 Å². The summed E-state index contributed by atoms with van der Waals surface area (Å²) < 4.78 is 10.9. The number of rotatable bonds is 7. The molecule has 0 saturated carbocycles. The summed E-state index contributed by atoms with van der Waals surface area (Å²) in [5.41, 5.74) is 0.315. The van der Waals surface area contributed by atoms with Gasteiger partial charge in [-0.25, -0.2) is 0 Å². The van der Waals surface area contributed by atoms with Gasteiger partial charge in [0.05, 0.1) is 12.0 Å². The molecule has 2 nitrogen and oxygen atoms in total. The van der Waals surface area contributed by atoms with Crippen molar-refractivity contribution in [2.24, 2.45) is 0 Å². The predicted octanol–water partition coefficient (Wildman–Crippen LogP) is 3.68. The molecule has 1 aromatic rings. The third-order valence-electron chi connectivity index (χ3n) is 1.87. The smallest absolute Gasteiger partial charge is 0.113 e. The average Bonchev–Trinajstić information content (AvgIpc) is 2.67. The van der Waals surface area contributed by atoms with Crippen LogP contribution in [0, 0.1) is 0 Å². The highest BCUT2D eigenvalue weighted by molar-refractivity contribution is 7.98. The van der Waals surface area contributed by atoms with Crippen LogP contribution in [-0.4, -0.2) is 12.0 Å². The molecule has 1 aromatic heterocycles. The highest BCUT2D eigenvalue weighted by Crippen LogP contribution is 2.22. The molecule has 0 bridgehead atoms. The molecular formula is C11H18O2S. The van der Waals surface area contributed by atoms with E-state index in [0.29, 0.717) is 5.44 Å². The van der Waals surface area contributed by atoms with Gasteiger partial charge in [-0.15, -0.1) is 11.8 Å². The van der Waals surface area contributed by atoms with Crippen LogP contribution in [0.2, 0.25) is 0 Å². The Morgan fingerprint density at radius 1 is 1.50 bits per heavy atom. The fourth-order valence-electron chi connectivity index (χ4n) is 1.21. The molecule has 80 valence electrons. The Morgan fingerprint density at radius 3 is 2.93 bits per heavy atom. The normalized spacial score (nSPS) is 13.0. The molecule has 14 heavy (non-hydrogen) atoms. The third kappa shape index (κ3) is 4.20. The lowest BCUT2D eigenvalue weighted by Gasteiger charge is -2.14. The van der Waals surface area contributed by atoms with Crippen molar-refractivity contribution in [1.29, 1.82) is 0 Å². The summed E-state index contributed by atoms with van der Waals surface area (Å²) in [7, 11) is 0. The van der Waals surface area contributed by atoms with E-state index < -0.39 is 0 Å². The third-order valence-corrected chi connectivity index (χ3v) is 3.06. The second kappa shape index (κ2) is 6.96. The summed E-state index contributed by atoms with van der Waals surface area (Å²) in [4.78, 5) is 0. The van der Waals surface area contributed by atoms with Crippen molar-refractivity contribution >= 4 is 11.8 Å². The number of hydrogen-bond donors (Lipinski definition) is 0. The fourth-order valence-corrected chi connectivity index (χ4v) is 2.36. The molecule has 1 rings (SSSR count). The lowest BCUT2D eigenvalue weighted by molar-refractivity contribution is 0.118. The Kier molecular flexibility index (Phi) is 5.80. The molecule has 0 radical (unpaired) electrons. The molecule has 0 saturated heterocycles. The second-order valence-electron chi connectivity index (χ2n) is 3.06. The summed E-state index contributed by atoms with van der Waals surface area (Å²) in [6.07, 6.45) is 3.99. The van der Waals surface area contributed by atoms with Crippen molar-refractivity contribution in [3.8, 4) is 0 Å². The topological polar surface area (TPSA) is 22.4 Å². The maximum absolute atomic E-state index is 5.60. The van der Waals surface area contributed by atoms with Crippen molar-refractivity contribution in [2.45, 2.75) is 37.9 Å². The quantitative estimate of drug-likeness (QED) is 0.646. The fraction of sp³-hybridized carbons (Fsp3) is 0.636. The molecule has 0 aromatic carbocycles. The monoisotopic (exact) mass is 214 g/mol. The summed E-state index contributed by atoms with van der Waals surface area (Å²) in [5, 5.41) is 0. The van der Waals surface area contributed by atoms with Crippen molar-refractivity contribution < 1.29 is 9.15 Å². The van der Waals surface area contributed by atoms with Gasteiger partial charge in [-0.3, -0.25) is 0 Å². The van der Waals surface area contributed by atoms with E-state index in [1.54, 1.807) is 6.26 Å². The van der Waals surface area contributed by atoms with Crippen LogP contribution in [0.5, 0.6) is 0 Å². The minimum Gasteiger partial charge on any atom is -0.468 e. The van der Waals surface area contributed by atoms with Crippen LogP contribution in [0.4, 0.5) is 0 Å². The van der Waals surface area contributed by atoms with Gasteiger partial charge in [0, 0.05) is 6.61 Å². The SMILES string of the molecule is CCCC(OCC)SCc1ccco1. The molecule has 0 N–H and O–H groups in total. The van der Waals surface area contributed by atoms with E-state index in [1.807, 2.05) is 30.8 Å². The zero-order valence-corrected chi connectivity index (χ0v) is 9.68. The summed E-state index contributed by atoms with van der Waals surface area (Å²) in [5.74, 6) is 1.92. The first-order valence-electron chi connectivity index (χ1n) is 5.12. The molecule has 0 aliphatic heterocycles. The van der Waals surface area contributed by atoms with Crippen molar-refractivity contribution in [1.82, 2.24) is 0 Å². The summed E-state index contributed by atoms with van der Waals surface area (Å²) in [6, 6.07) is 3.92. The minimum atomic E-state index is 0.315. The molecule has 0 aliphatic rings. The number of thioether (sulfide) groups is 1. The van der Waals surface area contributed by atoms with E-state index in [9.17, 15) is 0 Å². The first-order chi connectivity index (χ1) is 6.86. The van der Waals surface area contributed by atoms with E-state index in [-0.39, 0.29) is 0 Å². The Labute approximate surface area is 90.0 Å². The van der Waals surface area contributed by atoms with Gasteiger partial charge < -0.3 is 9.15 Å². The van der Waals surface area contributed by atoms with E-state index in [4.69, 9.17) is 9.15 Å². The highest BCUT2D eigenvalue weighted by atomic mass is 32.2. The van der Waals surface area contributed by atoms with Crippen LogP contribution in [-0.2, 0) is 10.5 Å². The highest BCUT2D eigenvalue weighted by Gasteiger charge is 2.08. The molecule has 0 spiro atoms. The first-order valence-corrected chi connectivity index (χ1v) is 6.17. The zero-order valence-electron chi connectivity index (χ0n) is 8.86. The molecule has 3 heteroatoms. The van der Waals surface area contributed by atoms with Crippen LogP contribution < -0.4 is 0 Å². The first kappa shape index (κ1) is 11.7. The van der Waals surface area contributed by atoms with Gasteiger partial charge in [-0.2, -0.15) is 0 Å². The lowest BCUT2D eigenvalue weighted by Crippen LogP contribution is -2.07.